The third-order valence-electron chi connectivity index (χ3n) is 3.80. The predicted molar refractivity (Wildman–Crippen MR) is 102 cm³/mol. The molecule has 2 aromatic carbocycles. The number of hydrogen-bond acceptors (Lipinski definition) is 5. The Morgan fingerprint density at radius 2 is 1.77 bits per heavy atom. The highest BCUT2D eigenvalue weighted by atomic mass is 35.5. The van der Waals surface area contributed by atoms with Gasteiger partial charge in [0.15, 0.2) is 11.9 Å². The number of carboxylic acids is 1. The fourth-order valence-corrected chi connectivity index (χ4v) is 2.61. The van der Waals surface area contributed by atoms with Gasteiger partial charge in [-0.1, -0.05) is 23.2 Å². The van der Waals surface area contributed by atoms with Gasteiger partial charge in [-0.15, -0.1) is 0 Å². The van der Waals surface area contributed by atoms with Crippen molar-refractivity contribution in [3.63, 3.8) is 0 Å². The summed E-state index contributed by atoms with van der Waals surface area (Å²) >= 11 is 12.0. The number of carbonyl (C=O) groups is 1. The molecule has 0 aliphatic rings. The van der Waals surface area contributed by atoms with Crippen LogP contribution in [-0.4, -0.2) is 34.2 Å². The van der Waals surface area contributed by atoms with Crippen molar-refractivity contribution in [3.05, 3.63) is 52.6 Å². The molecule has 0 amide bonds. The lowest BCUT2D eigenvalue weighted by molar-refractivity contribution is -0.144. The molecule has 6 nitrogen and oxygen atoms in total. The minimum Gasteiger partial charge on any atom is -0.479 e. The molecule has 0 bridgehead atoms. The van der Waals surface area contributed by atoms with Crippen molar-refractivity contribution in [1.82, 2.24) is 9.97 Å². The summed E-state index contributed by atoms with van der Waals surface area (Å²) in [5.41, 5.74) is 2.14. The number of rotatable bonds is 5. The topological polar surface area (TPSA) is 75.5 Å². The molecular formula is C18H15Cl2N3O3. The molecule has 0 saturated carbocycles. The zero-order valence-electron chi connectivity index (χ0n) is 14.0. The third-order valence-corrected chi connectivity index (χ3v) is 4.52. The Balaban J connectivity index is 1.84. The highest BCUT2D eigenvalue weighted by Crippen LogP contribution is 2.29. The summed E-state index contributed by atoms with van der Waals surface area (Å²) in [6.07, 6.45) is 0.727. The fourth-order valence-electron chi connectivity index (χ4n) is 2.30. The molecule has 0 fully saturated rings. The van der Waals surface area contributed by atoms with Crippen LogP contribution in [0.25, 0.3) is 11.0 Å². The number of aliphatic carboxylic acids is 1. The van der Waals surface area contributed by atoms with E-state index in [-0.39, 0.29) is 0 Å². The van der Waals surface area contributed by atoms with Crippen molar-refractivity contribution in [2.45, 2.75) is 13.0 Å². The van der Waals surface area contributed by atoms with E-state index in [2.05, 4.69) is 9.97 Å². The molecule has 0 aliphatic carbocycles. The monoisotopic (exact) mass is 391 g/mol. The van der Waals surface area contributed by atoms with Crippen LogP contribution >= 0.6 is 23.2 Å². The average molecular weight is 392 g/mol. The van der Waals surface area contributed by atoms with E-state index in [9.17, 15) is 4.79 Å². The normalized spacial score (nSPS) is 12.0. The summed E-state index contributed by atoms with van der Waals surface area (Å²) in [7, 11) is 1.85. The lowest BCUT2D eigenvalue weighted by Gasteiger charge is -2.19. The first-order chi connectivity index (χ1) is 12.3. The van der Waals surface area contributed by atoms with Gasteiger partial charge >= 0.3 is 5.97 Å². The predicted octanol–water partition coefficient (Wildman–Crippen LogP) is 4.56. The number of fused-ring (bicyclic) bond motifs is 1. The number of carboxylic acid groups (broad SMARTS) is 1. The van der Waals surface area contributed by atoms with Crippen LogP contribution in [0.15, 0.2) is 42.6 Å². The number of benzene rings is 2. The Bertz CT molecular complexity index is 964. The SMILES string of the molecule is CC(Oc1ccc(N(C)c2cnc3cc(Cl)c(Cl)cc3n2)cc1)C(=O)O. The quantitative estimate of drug-likeness (QED) is 0.686. The number of ether oxygens (including phenoxy) is 1. The molecule has 134 valence electrons. The van der Waals surface area contributed by atoms with Gasteiger partial charge in [0.05, 0.1) is 27.3 Å². The van der Waals surface area contributed by atoms with Crippen LogP contribution in [0, 0.1) is 0 Å². The summed E-state index contributed by atoms with van der Waals surface area (Å²) in [6, 6.07) is 10.4. The van der Waals surface area contributed by atoms with E-state index < -0.39 is 12.1 Å². The van der Waals surface area contributed by atoms with Gasteiger partial charge in [-0.25, -0.2) is 9.78 Å². The largest absolute Gasteiger partial charge is 0.479 e. The van der Waals surface area contributed by atoms with Crippen molar-refractivity contribution in [2.24, 2.45) is 0 Å². The Morgan fingerprint density at radius 3 is 2.38 bits per heavy atom. The number of hydrogen-bond donors (Lipinski definition) is 1. The number of halogens is 2. The van der Waals surface area contributed by atoms with Gasteiger partial charge in [0.1, 0.15) is 5.75 Å². The van der Waals surface area contributed by atoms with Crippen LogP contribution in [0.2, 0.25) is 10.0 Å². The maximum Gasteiger partial charge on any atom is 0.344 e. The second-order valence-electron chi connectivity index (χ2n) is 5.63. The Hall–Kier alpha value is -2.57. The number of anilines is 2. The molecule has 3 aromatic rings. The van der Waals surface area contributed by atoms with Crippen LogP contribution in [0.1, 0.15) is 6.92 Å². The van der Waals surface area contributed by atoms with Gasteiger partial charge in [-0.2, -0.15) is 0 Å². The summed E-state index contributed by atoms with van der Waals surface area (Å²) in [5, 5.41) is 9.74. The molecule has 1 unspecified atom stereocenters. The maximum absolute atomic E-state index is 10.8. The highest BCUT2D eigenvalue weighted by molar-refractivity contribution is 6.42. The second-order valence-corrected chi connectivity index (χ2v) is 6.45. The van der Waals surface area contributed by atoms with Gasteiger partial charge in [-0.3, -0.25) is 4.98 Å². The highest BCUT2D eigenvalue weighted by Gasteiger charge is 2.13. The Morgan fingerprint density at radius 1 is 1.15 bits per heavy atom. The van der Waals surface area contributed by atoms with Gasteiger partial charge in [-0.05, 0) is 43.3 Å². The average Bonchev–Trinajstić information content (AvgIpc) is 2.62. The molecular weight excluding hydrogens is 377 g/mol. The summed E-state index contributed by atoms with van der Waals surface area (Å²) in [4.78, 5) is 21.6. The smallest absolute Gasteiger partial charge is 0.344 e. The first-order valence-corrected chi connectivity index (χ1v) is 8.46. The van der Waals surface area contributed by atoms with Crippen LogP contribution in [-0.2, 0) is 4.79 Å². The van der Waals surface area contributed by atoms with E-state index in [1.165, 1.54) is 6.92 Å². The molecule has 0 aliphatic heterocycles. The lowest BCUT2D eigenvalue weighted by Crippen LogP contribution is -2.22. The molecule has 26 heavy (non-hydrogen) atoms. The first-order valence-electron chi connectivity index (χ1n) is 7.70. The van der Waals surface area contributed by atoms with Crippen LogP contribution in [0.4, 0.5) is 11.5 Å². The summed E-state index contributed by atoms with van der Waals surface area (Å²) in [6.45, 7) is 1.48. The minimum atomic E-state index is -1.02. The molecule has 1 aromatic heterocycles. The van der Waals surface area contributed by atoms with E-state index in [1.807, 2.05) is 24.1 Å². The van der Waals surface area contributed by atoms with E-state index >= 15 is 0 Å². The maximum atomic E-state index is 10.8. The van der Waals surface area contributed by atoms with E-state index in [4.69, 9.17) is 33.0 Å². The fraction of sp³-hybridized carbons (Fsp3) is 0.167. The lowest BCUT2D eigenvalue weighted by atomic mass is 10.2. The van der Waals surface area contributed by atoms with Crippen LogP contribution < -0.4 is 9.64 Å². The number of aromatic nitrogens is 2. The molecule has 1 N–H and O–H groups in total. The van der Waals surface area contributed by atoms with E-state index in [0.29, 0.717) is 32.6 Å². The van der Waals surface area contributed by atoms with Gasteiger partial charge in [0.25, 0.3) is 0 Å². The zero-order valence-corrected chi connectivity index (χ0v) is 15.5. The minimum absolute atomic E-state index is 0.419. The Kier molecular flexibility index (Phi) is 5.15. The van der Waals surface area contributed by atoms with Crippen LogP contribution in [0.3, 0.4) is 0 Å². The Labute approximate surface area is 160 Å². The third kappa shape index (κ3) is 3.81. The zero-order chi connectivity index (χ0) is 18.8. The molecule has 1 atom stereocenters. The first kappa shape index (κ1) is 18.2. The van der Waals surface area contributed by atoms with Gasteiger partial charge in [0, 0.05) is 12.7 Å². The van der Waals surface area contributed by atoms with Crippen LogP contribution in [0.5, 0.6) is 5.75 Å². The number of nitrogens with zero attached hydrogens (tertiary/aromatic N) is 3. The molecule has 0 radical (unpaired) electrons. The van der Waals surface area contributed by atoms with Gasteiger partial charge in [0.2, 0.25) is 0 Å². The van der Waals surface area contributed by atoms with Crippen molar-refractivity contribution < 1.29 is 14.6 Å². The summed E-state index contributed by atoms with van der Waals surface area (Å²) < 4.78 is 5.33. The summed E-state index contributed by atoms with van der Waals surface area (Å²) in [5.74, 6) is 0.0860. The molecule has 0 spiro atoms. The second kappa shape index (κ2) is 7.35. The van der Waals surface area contributed by atoms with E-state index in [0.717, 1.165) is 5.69 Å². The van der Waals surface area contributed by atoms with Gasteiger partial charge < -0.3 is 14.7 Å². The molecule has 1 heterocycles. The van der Waals surface area contributed by atoms with Crippen molar-refractivity contribution in [3.8, 4) is 5.75 Å². The molecule has 3 rings (SSSR count). The van der Waals surface area contributed by atoms with E-state index in [1.54, 1.807) is 30.5 Å². The molecule has 0 saturated heterocycles. The van der Waals surface area contributed by atoms with Crippen molar-refractivity contribution in [2.75, 3.05) is 11.9 Å². The van der Waals surface area contributed by atoms with Crippen molar-refractivity contribution >= 4 is 51.7 Å². The standard InChI is InChI=1S/C18H15Cl2N3O3/c1-10(18(24)25)26-12-5-3-11(4-6-12)23(2)17-9-21-15-7-13(19)14(20)8-16(15)22-17/h3-10H,1-2H3,(H,24,25). The van der Waals surface area contributed by atoms with Crippen molar-refractivity contribution in [1.29, 1.82) is 0 Å². The molecule has 8 heteroatoms.